The van der Waals surface area contributed by atoms with Crippen LogP contribution in [0, 0.1) is 12.3 Å². The predicted molar refractivity (Wildman–Crippen MR) is 125 cm³/mol. The van der Waals surface area contributed by atoms with Crippen LogP contribution in [0.3, 0.4) is 0 Å². The van der Waals surface area contributed by atoms with Gasteiger partial charge in [-0.2, -0.15) is 0 Å². The van der Waals surface area contributed by atoms with Gasteiger partial charge in [0, 0.05) is 27.0 Å². The summed E-state index contributed by atoms with van der Waals surface area (Å²) in [6.45, 7) is 7.56. The van der Waals surface area contributed by atoms with E-state index in [1.54, 1.807) is 27.7 Å². The van der Waals surface area contributed by atoms with Gasteiger partial charge in [0.25, 0.3) is 0 Å². The fourth-order valence-corrected chi connectivity index (χ4v) is 4.59. The zero-order valence-electron chi connectivity index (χ0n) is 21.1. The van der Waals surface area contributed by atoms with Crippen molar-refractivity contribution in [3.05, 3.63) is 18.6 Å². The minimum absolute atomic E-state index is 0. The molecular weight excluding hydrogens is 622 g/mol. The third-order valence-electron chi connectivity index (χ3n) is 6.40. The molecule has 2 heterocycles. The van der Waals surface area contributed by atoms with E-state index in [0.717, 1.165) is 25.7 Å². The number of alkyl carbamates (subject to hydrolysis) is 1. The van der Waals surface area contributed by atoms with Gasteiger partial charge in [0.1, 0.15) is 17.2 Å². The van der Waals surface area contributed by atoms with Crippen LogP contribution in [0.5, 0.6) is 0 Å². The zero-order chi connectivity index (χ0) is 24.9. The van der Waals surface area contributed by atoms with E-state index in [1.165, 1.54) is 4.90 Å². The fraction of sp³-hybridized carbons (Fsp3) is 0.720. The number of nitrogens with zero attached hydrogens (tertiary/aromatic N) is 1. The molecule has 2 fully saturated rings. The largest absolute Gasteiger partial charge is 0.464 e. The van der Waals surface area contributed by atoms with Gasteiger partial charge in [0.15, 0.2) is 0 Å². The molecule has 3 rings (SSSR count). The SMILES string of the molecule is CCOC(=O)[C@@]12C[C@H]1/C=C\CCCCC[C@H](NC(=O)OC(C)(C)C)C(=O)N1C[CH-]C[C@H]1C(=O)N2.[W]. The number of allylic oxidation sites excluding steroid dienone is 1. The van der Waals surface area contributed by atoms with Gasteiger partial charge < -0.3 is 31.4 Å². The first-order valence-corrected chi connectivity index (χ1v) is 12.3. The van der Waals surface area contributed by atoms with Crippen LogP contribution in [-0.2, 0) is 44.9 Å². The maximum absolute atomic E-state index is 13.5. The number of carbonyl (C=O) groups excluding carboxylic acids is 4. The average Bonchev–Trinajstić information content (AvgIpc) is 3.21. The van der Waals surface area contributed by atoms with Gasteiger partial charge in [-0.1, -0.05) is 25.0 Å². The molecule has 3 aliphatic rings. The Morgan fingerprint density at radius 1 is 1.26 bits per heavy atom. The minimum Gasteiger partial charge on any atom is -0.464 e. The third kappa shape index (κ3) is 7.55. The van der Waals surface area contributed by atoms with Crippen molar-refractivity contribution >= 4 is 23.9 Å². The molecule has 0 aromatic carbocycles. The number of esters is 1. The first-order valence-electron chi connectivity index (χ1n) is 12.3. The zero-order valence-corrected chi connectivity index (χ0v) is 24.1. The number of rotatable bonds is 3. The van der Waals surface area contributed by atoms with Crippen molar-refractivity contribution in [2.45, 2.75) is 95.9 Å². The molecule has 35 heavy (non-hydrogen) atoms. The van der Waals surface area contributed by atoms with Crippen molar-refractivity contribution in [1.29, 1.82) is 0 Å². The molecule has 1 saturated carbocycles. The summed E-state index contributed by atoms with van der Waals surface area (Å²) in [6.07, 6.45) is 10.0. The minimum atomic E-state index is -1.07. The second-order valence-corrected chi connectivity index (χ2v) is 10.3. The van der Waals surface area contributed by atoms with E-state index in [0.29, 0.717) is 25.8 Å². The third-order valence-corrected chi connectivity index (χ3v) is 6.40. The van der Waals surface area contributed by atoms with Crippen LogP contribution >= 0.6 is 0 Å². The number of amides is 3. The van der Waals surface area contributed by atoms with Crippen LogP contribution in [0.15, 0.2) is 12.2 Å². The Morgan fingerprint density at radius 2 is 2.00 bits per heavy atom. The van der Waals surface area contributed by atoms with Gasteiger partial charge in [-0.25, -0.2) is 9.59 Å². The summed E-state index contributed by atoms with van der Waals surface area (Å²) in [6, 6.07) is -1.53. The summed E-state index contributed by atoms with van der Waals surface area (Å²) in [5.74, 6) is -1.24. The van der Waals surface area contributed by atoms with Crippen molar-refractivity contribution in [1.82, 2.24) is 15.5 Å². The Morgan fingerprint density at radius 3 is 2.69 bits per heavy atom. The van der Waals surface area contributed by atoms with Gasteiger partial charge >= 0.3 is 12.1 Å². The number of hydrogen-bond donors (Lipinski definition) is 2. The van der Waals surface area contributed by atoms with Crippen LogP contribution in [0.1, 0.15) is 72.6 Å². The van der Waals surface area contributed by atoms with Gasteiger partial charge in [-0.05, 0) is 53.4 Å². The average molecular weight is 660 g/mol. The summed E-state index contributed by atoms with van der Waals surface area (Å²) < 4.78 is 10.6. The van der Waals surface area contributed by atoms with Crippen molar-refractivity contribution in [2.24, 2.45) is 5.92 Å². The normalized spacial score (nSPS) is 30.3. The predicted octanol–water partition coefficient (Wildman–Crippen LogP) is 2.64. The van der Waals surface area contributed by atoms with E-state index < -0.39 is 35.3 Å². The first-order chi connectivity index (χ1) is 16.1. The van der Waals surface area contributed by atoms with E-state index in [-0.39, 0.29) is 45.4 Å². The van der Waals surface area contributed by atoms with E-state index in [2.05, 4.69) is 16.7 Å². The van der Waals surface area contributed by atoms with E-state index >= 15 is 0 Å². The van der Waals surface area contributed by atoms with Crippen molar-refractivity contribution in [2.75, 3.05) is 13.2 Å². The molecule has 0 unspecified atom stereocenters. The van der Waals surface area contributed by atoms with E-state index in [1.807, 2.05) is 12.5 Å². The maximum atomic E-state index is 13.5. The molecule has 3 amide bonds. The number of nitrogens with one attached hydrogen (secondary N) is 2. The van der Waals surface area contributed by atoms with Crippen molar-refractivity contribution in [3.63, 3.8) is 0 Å². The number of ether oxygens (including phenoxy) is 2. The molecule has 2 aliphatic heterocycles. The molecule has 0 spiro atoms. The van der Waals surface area contributed by atoms with Gasteiger partial charge in [0.05, 0.1) is 12.6 Å². The summed E-state index contributed by atoms with van der Waals surface area (Å²) in [5.41, 5.74) is -1.76. The number of fused-ring (bicyclic) bond motifs is 2. The molecule has 2 N–H and O–H groups in total. The molecule has 1 saturated heterocycles. The van der Waals surface area contributed by atoms with E-state index in [4.69, 9.17) is 9.47 Å². The Kier molecular flexibility index (Phi) is 10.4. The van der Waals surface area contributed by atoms with Gasteiger partial charge in [-0.15, -0.1) is 13.0 Å². The molecule has 9 nitrogen and oxygen atoms in total. The second-order valence-electron chi connectivity index (χ2n) is 10.3. The second kappa shape index (κ2) is 12.4. The molecule has 196 valence electrons. The van der Waals surface area contributed by atoms with Crippen LogP contribution in [-0.4, -0.2) is 65.2 Å². The van der Waals surface area contributed by atoms with Crippen molar-refractivity contribution in [3.8, 4) is 0 Å². The van der Waals surface area contributed by atoms with E-state index in [9.17, 15) is 19.2 Å². The molecule has 4 atom stereocenters. The smallest absolute Gasteiger partial charge is 0.408 e. The molecule has 10 heteroatoms. The van der Waals surface area contributed by atoms with Crippen LogP contribution < -0.4 is 10.6 Å². The first kappa shape index (κ1) is 29.3. The number of carbonyl (C=O) groups is 4. The monoisotopic (exact) mass is 660 g/mol. The summed E-state index contributed by atoms with van der Waals surface area (Å²) >= 11 is 0. The summed E-state index contributed by atoms with van der Waals surface area (Å²) in [5, 5.41) is 5.63. The molecule has 0 bridgehead atoms. The Balaban J connectivity index is 0.00000432. The Bertz CT molecular complexity index is 827. The molecule has 1 aliphatic carbocycles. The standard InChI is InChI=1S/C25H38N3O6.W/c1-5-33-22(31)25-16-17(25)12-9-7-6-8-10-13-18(26-23(32)34-24(2,3)4)21(30)28-15-11-14-19(28)20(29)27-25;/h9,11-12,17-19H,5-8,10,13-16H2,1-4H3,(H,26,32)(H,27,29);/q-1;/b12-9-;/t17-,18+,19+,25-;/m1./s1. The van der Waals surface area contributed by atoms with Gasteiger partial charge in [-0.3, -0.25) is 9.59 Å². The molecule has 0 aromatic rings. The van der Waals surface area contributed by atoms with Gasteiger partial charge in [0.2, 0.25) is 11.8 Å². The topological polar surface area (TPSA) is 114 Å². The molecule has 0 radical (unpaired) electrons. The molecular formula is C25H38N3O6W-. The van der Waals surface area contributed by atoms with Crippen LogP contribution in [0.2, 0.25) is 0 Å². The quantitative estimate of drug-likeness (QED) is 0.274. The van der Waals surface area contributed by atoms with Crippen LogP contribution in [0.25, 0.3) is 0 Å². The summed E-state index contributed by atoms with van der Waals surface area (Å²) in [7, 11) is 0. The fourth-order valence-electron chi connectivity index (χ4n) is 4.59. The Hall–Kier alpha value is -1.89. The molecule has 0 aromatic heterocycles. The maximum Gasteiger partial charge on any atom is 0.408 e. The summed E-state index contributed by atoms with van der Waals surface area (Å²) in [4.78, 5) is 53.4. The van der Waals surface area contributed by atoms with Crippen LogP contribution in [0.4, 0.5) is 4.79 Å². The number of hydrogen-bond acceptors (Lipinski definition) is 6. The van der Waals surface area contributed by atoms with Crippen molar-refractivity contribution < 1.29 is 49.7 Å². The Labute approximate surface area is 222 Å².